The van der Waals surface area contributed by atoms with Crippen LogP contribution in [-0.2, 0) is 0 Å². The highest BCUT2D eigenvalue weighted by Crippen LogP contribution is 2.37. The summed E-state index contributed by atoms with van der Waals surface area (Å²) in [6.45, 7) is 0. The molecule has 21 heavy (non-hydrogen) atoms. The molecule has 0 saturated carbocycles. The summed E-state index contributed by atoms with van der Waals surface area (Å²) in [4.78, 5) is 8.69. The number of methoxy groups -OCH3 is 1. The molecule has 0 unspecified atom stereocenters. The minimum Gasteiger partial charge on any atom is -0.496 e. The van der Waals surface area contributed by atoms with Crippen molar-refractivity contribution in [2.75, 3.05) is 7.11 Å². The van der Waals surface area contributed by atoms with Crippen LogP contribution in [0.15, 0.2) is 36.4 Å². The van der Waals surface area contributed by atoms with E-state index in [1.54, 1.807) is 7.11 Å². The molecule has 0 radical (unpaired) electrons. The van der Waals surface area contributed by atoms with Crippen molar-refractivity contribution in [2.24, 2.45) is 0 Å². The molecule has 3 aromatic rings. The molecule has 0 amide bonds. The van der Waals surface area contributed by atoms with Crippen LogP contribution in [0.2, 0.25) is 10.3 Å². The topological polar surface area (TPSA) is 35.0 Å². The van der Waals surface area contributed by atoms with Crippen LogP contribution >= 0.6 is 45.8 Å². The summed E-state index contributed by atoms with van der Waals surface area (Å²) in [5, 5.41) is 2.73. The first-order valence-corrected chi connectivity index (χ1v) is 7.90. The number of nitrogens with zero attached hydrogens (tertiary/aromatic N) is 2. The zero-order valence-corrected chi connectivity index (χ0v) is 14.6. The summed E-state index contributed by atoms with van der Waals surface area (Å²) in [5.41, 5.74) is 0.788. The highest BCUT2D eigenvalue weighted by molar-refractivity contribution is 14.1. The van der Waals surface area contributed by atoms with Gasteiger partial charge in [-0.15, -0.1) is 0 Å². The van der Waals surface area contributed by atoms with Gasteiger partial charge in [0.1, 0.15) is 16.1 Å². The molecule has 0 fully saturated rings. The van der Waals surface area contributed by atoms with Crippen molar-refractivity contribution in [3.8, 4) is 17.1 Å². The van der Waals surface area contributed by atoms with E-state index in [1.165, 1.54) is 0 Å². The van der Waals surface area contributed by atoms with Crippen molar-refractivity contribution in [1.82, 2.24) is 9.97 Å². The van der Waals surface area contributed by atoms with Crippen LogP contribution in [0.3, 0.4) is 0 Å². The molecule has 3 nitrogen and oxygen atoms in total. The highest BCUT2D eigenvalue weighted by atomic mass is 127. The lowest BCUT2D eigenvalue weighted by Crippen LogP contribution is -1.97. The van der Waals surface area contributed by atoms with Crippen LogP contribution in [-0.4, -0.2) is 17.1 Å². The number of benzene rings is 2. The average molecular weight is 431 g/mol. The van der Waals surface area contributed by atoms with Crippen molar-refractivity contribution in [2.45, 2.75) is 0 Å². The second kappa shape index (κ2) is 5.94. The van der Waals surface area contributed by atoms with Crippen molar-refractivity contribution in [3.05, 3.63) is 50.3 Å². The summed E-state index contributed by atoms with van der Waals surface area (Å²) in [7, 11) is 1.61. The third kappa shape index (κ3) is 2.67. The molecule has 0 N–H and O–H groups in total. The van der Waals surface area contributed by atoms with E-state index in [-0.39, 0.29) is 0 Å². The Bertz CT molecular complexity index is 816. The maximum atomic E-state index is 6.13. The predicted molar refractivity (Wildman–Crippen MR) is 94.3 cm³/mol. The molecule has 0 aliphatic heterocycles. The van der Waals surface area contributed by atoms with Gasteiger partial charge in [0.25, 0.3) is 0 Å². The van der Waals surface area contributed by atoms with Gasteiger partial charge in [-0.2, -0.15) is 0 Å². The van der Waals surface area contributed by atoms with Gasteiger partial charge in [-0.25, -0.2) is 9.97 Å². The zero-order valence-electron chi connectivity index (χ0n) is 10.9. The predicted octanol–water partition coefficient (Wildman–Crippen LogP) is 5.22. The van der Waals surface area contributed by atoms with Gasteiger partial charge in [0, 0.05) is 0 Å². The molecular formula is C15H9Cl2IN2O. The normalized spacial score (nSPS) is 10.9. The van der Waals surface area contributed by atoms with E-state index in [9.17, 15) is 0 Å². The monoisotopic (exact) mass is 430 g/mol. The minimum absolute atomic E-state index is 0.334. The lowest BCUT2D eigenvalue weighted by molar-refractivity contribution is 0.416. The van der Waals surface area contributed by atoms with Gasteiger partial charge in [0.2, 0.25) is 0 Å². The second-order valence-electron chi connectivity index (χ2n) is 4.31. The standard InChI is InChI=1S/C15H9Cl2IN2O/c1-21-10-7-6-8-4-2-3-5-9(8)11(10)15-19-13(16)12(18)14(17)20-15/h2-7H,1H3. The highest BCUT2D eigenvalue weighted by Gasteiger charge is 2.16. The molecule has 6 heteroatoms. The molecule has 0 aliphatic rings. The molecule has 1 heterocycles. The Morgan fingerprint density at radius 2 is 1.67 bits per heavy atom. The smallest absolute Gasteiger partial charge is 0.166 e. The van der Waals surface area contributed by atoms with E-state index >= 15 is 0 Å². The van der Waals surface area contributed by atoms with E-state index in [2.05, 4.69) is 9.97 Å². The van der Waals surface area contributed by atoms with E-state index in [0.717, 1.165) is 16.3 Å². The second-order valence-corrected chi connectivity index (χ2v) is 6.10. The Morgan fingerprint density at radius 1 is 1.00 bits per heavy atom. The molecule has 0 aliphatic carbocycles. The number of fused-ring (bicyclic) bond motifs is 1. The van der Waals surface area contributed by atoms with E-state index < -0.39 is 0 Å². The van der Waals surface area contributed by atoms with Crippen LogP contribution in [0.1, 0.15) is 0 Å². The van der Waals surface area contributed by atoms with Gasteiger partial charge in [-0.05, 0) is 39.4 Å². The van der Waals surface area contributed by atoms with Gasteiger partial charge >= 0.3 is 0 Å². The first kappa shape index (κ1) is 14.8. The summed E-state index contributed by atoms with van der Waals surface area (Å²) in [6, 6.07) is 11.8. The third-order valence-corrected chi connectivity index (χ3v) is 5.31. The molecule has 0 atom stereocenters. The number of rotatable bonds is 2. The van der Waals surface area contributed by atoms with Gasteiger partial charge in [0.05, 0.1) is 16.2 Å². The maximum Gasteiger partial charge on any atom is 0.166 e. The lowest BCUT2D eigenvalue weighted by atomic mass is 10.0. The fourth-order valence-electron chi connectivity index (χ4n) is 2.16. The van der Waals surface area contributed by atoms with E-state index in [4.69, 9.17) is 27.9 Å². The number of hydrogen-bond donors (Lipinski definition) is 0. The molecule has 1 aromatic heterocycles. The van der Waals surface area contributed by atoms with Crippen molar-refractivity contribution in [1.29, 1.82) is 0 Å². The third-order valence-electron chi connectivity index (χ3n) is 3.10. The molecular weight excluding hydrogens is 422 g/mol. The first-order chi connectivity index (χ1) is 10.1. The summed E-state index contributed by atoms with van der Waals surface area (Å²) in [6.07, 6.45) is 0. The molecule has 2 aromatic carbocycles. The molecule has 3 rings (SSSR count). The van der Waals surface area contributed by atoms with E-state index in [1.807, 2.05) is 59.0 Å². The van der Waals surface area contributed by atoms with Crippen LogP contribution in [0.25, 0.3) is 22.2 Å². The summed E-state index contributed by atoms with van der Waals surface area (Å²) in [5.74, 6) is 1.14. The van der Waals surface area contributed by atoms with Crippen molar-refractivity contribution in [3.63, 3.8) is 0 Å². The van der Waals surface area contributed by atoms with E-state index in [0.29, 0.717) is 25.5 Å². The average Bonchev–Trinajstić information content (AvgIpc) is 2.51. The first-order valence-electron chi connectivity index (χ1n) is 6.06. The maximum absolute atomic E-state index is 6.13. The summed E-state index contributed by atoms with van der Waals surface area (Å²) < 4.78 is 6.09. The Morgan fingerprint density at radius 3 is 2.33 bits per heavy atom. The van der Waals surface area contributed by atoms with Gasteiger partial charge in [-0.1, -0.05) is 53.5 Å². The van der Waals surface area contributed by atoms with Crippen molar-refractivity contribution < 1.29 is 4.74 Å². The molecule has 0 bridgehead atoms. The number of hydrogen-bond acceptors (Lipinski definition) is 3. The zero-order chi connectivity index (χ0) is 15.0. The fourth-order valence-corrected chi connectivity index (χ4v) is 2.79. The van der Waals surface area contributed by atoms with Crippen LogP contribution < -0.4 is 4.74 Å². The molecule has 106 valence electrons. The van der Waals surface area contributed by atoms with Crippen LogP contribution in [0, 0.1) is 3.57 Å². The van der Waals surface area contributed by atoms with Gasteiger partial charge < -0.3 is 4.74 Å². The number of halogens is 3. The Labute approximate surface area is 145 Å². The SMILES string of the molecule is COc1ccc2ccccc2c1-c1nc(Cl)c(I)c(Cl)n1. The van der Waals surface area contributed by atoms with Crippen molar-refractivity contribution >= 4 is 56.6 Å². The number of aromatic nitrogens is 2. The Kier molecular flexibility index (Phi) is 4.19. The van der Waals surface area contributed by atoms with Crippen LogP contribution in [0.5, 0.6) is 5.75 Å². The summed E-state index contributed by atoms with van der Waals surface area (Å²) >= 11 is 14.3. The van der Waals surface area contributed by atoms with Crippen LogP contribution in [0.4, 0.5) is 0 Å². The minimum atomic E-state index is 0.334. The fraction of sp³-hybridized carbons (Fsp3) is 0.0667. The molecule has 0 saturated heterocycles. The van der Waals surface area contributed by atoms with Gasteiger partial charge in [-0.3, -0.25) is 0 Å². The Balaban J connectivity index is 2.38. The Hall–Kier alpha value is -1.11. The molecule has 0 spiro atoms. The van der Waals surface area contributed by atoms with Gasteiger partial charge in [0.15, 0.2) is 5.82 Å². The quantitative estimate of drug-likeness (QED) is 0.413. The largest absolute Gasteiger partial charge is 0.496 e. The number of ether oxygens (including phenoxy) is 1. The lowest BCUT2D eigenvalue weighted by Gasteiger charge is -2.12.